The van der Waals surface area contributed by atoms with Gasteiger partial charge in [-0.05, 0) is 49.6 Å². The van der Waals surface area contributed by atoms with Crippen molar-refractivity contribution in [2.45, 2.75) is 44.7 Å². The molecule has 0 saturated carbocycles. The topological polar surface area (TPSA) is 113 Å². The standard InChI is InChI=1S/C21H25FN6O2S/c1-13(2)17-10-16(22)11-18(15-6-5-8-24-12-15)20(17)25-21(29)27-31(23,30)19-7-9-28(26-19)14(3)4/h5-14H,1-4H3,(H3,23,25,27,29,30). The van der Waals surface area contributed by atoms with Crippen molar-refractivity contribution in [2.24, 2.45) is 0 Å². The SMILES string of the molecule is CC(C)c1cc(F)cc(-c2cccnc2)c1NC(=O)NS(=N)(=O)c1ccn(C(C)C)n1. The third-order valence-corrected chi connectivity index (χ3v) is 5.89. The Bertz CT molecular complexity index is 1190. The zero-order chi connectivity index (χ0) is 22.8. The molecule has 1 unspecified atom stereocenters. The highest BCUT2D eigenvalue weighted by atomic mass is 32.2. The molecule has 0 aliphatic heterocycles. The van der Waals surface area contributed by atoms with Gasteiger partial charge in [0.25, 0.3) is 0 Å². The van der Waals surface area contributed by atoms with Crippen molar-refractivity contribution in [1.82, 2.24) is 19.5 Å². The van der Waals surface area contributed by atoms with Gasteiger partial charge < -0.3 is 5.32 Å². The van der Waals surface area contributed by atoms with Crippen molar-refractivity contribution >= 4 is 21.6 Å². The maximum atomic E-state index is 14.3. The molecule has 10 heteroatoms. The van der Waals surface area contributed by atoms with Crippen LogP contribution in [0.2, 0.25) is 0 Å². The third-order valence-electron chi connectivity index (χ3n) is 4.61. The lowest BCUT2D eigenvalue weighted by Gasteiger charge is -2.19. The molecule has 0 spiro atoms. The van der Waals surface area contributed by atoms with Crippen molar-refractivity contribution in [3.63, 3.8) is 0 Å². The lowest BCUT2D eigenvalue weighted by atomic mass is 9.94. The van der Waals surface area contributed by atoms with Crippen LogP contribution < -0.4 is 10.0 Å². The molecule has 0 aliphatic rings. The molecule has 3 rings (SSSR count). The van der Waals surface area contributed by atoms with E-state index in [9.17, 15) is 13.4 Å². The van der Waals surface area contributed by atoms with Crippen molar-refractivity contribution in [2.75, 3.05) is 5.32 Å². The summed E-state index contributed by atoms with van der Waals surface area (Å²) >= 11 is 0. The van der Waals surface area contributed by atoms with E-state index in [1.165, 1.54) is 18.2 Å². The normalized spacial score (nSPS) is 13.3. The molecule has 0 aliphatic carbocycles. The van der Waals surface area contributed by atoms with Crippen molar-refractivity contribution < 1.29 is 13.4 Å². The second-order valence-corrected chi connectivity index (χ2v) is 9.39. The predicted octanol–water partition coefficient (Wildman–Crippen LogP) is 4.93. The average molecular weight is 445 g/mol. The van der Waals surface area contributed by atoms with Gasteiger partial charge in [0.15, 0.2) is 14.9 Å². The lowest BCUT2D eigenvalue weighted by molar-refractivity contribution is 0.256. The van der Waals surface area contributed by atoms with Crippen LogP contribution in [0.5, 0.6) is 0 Å². The van der Waals surface area contributed by atoms with E-state index in [2.05, 4.69) is 20.1 Å². The molecule has 1 aromatic carbocycles. The number of amides is 2. The molecule has 3 N–H and O–H groups in total. The van der Waals surface area contributed by atoms with Crippen LogP contribution in [0.4, 0.5) is 14.9 Å². The summed E-state index contributed by atoms with van der Waals surface area (Å²) < 4.78 is 39.0. The monoisotopic (exact) mass is 444 g/mol. The molecule has 0 radical (unpaired) electrons. The Kier molecular flexibility index (Phi) is 6.40. The van der Waals surface area contributed by atoms with Gasteiger partial charge in [-0.15, -0.1) is 0 Å². The van der Waals surface area contributed by atoms with Crippen LogP contribution in [0.15, 0.2) is 53.9 Å². The summed E-state index contributed by atoms with van der Waals surface area (Å²) in [6, 6.07) is 6.73. The maximum Gasteiger partial charge on any atom is 0.332 e. The minimum absolute atomic E-state index is 0.0210. The van der Waals surface area contributed by atoms with E-state index < -0.39 is 21.8 Å². The fourth-order valence-electron chi connectivity index (χ4n) is 3.06. The Morgan fingerprint density at radius 1 is 1.23 bits per heavy atom. The number of carbonyl (C=O) groups is 1. The average Bonchev–Trinajstić information content (AvgIpc) is 3.21. The van der Waals surface area contributed by atoms with Crippen molar-refractivity contribution in [3.05, 3.63) is 60.3 Å². The van der Waals surface area contributed by atoms with Gasteiger partial charge in [0.1, 0.15) is 5.82 Å². The number of hydrogen-bond acceptors (Lipinski definition) is 5. The minimum atomic E-state index is -3.69. The minimum Gasteiger partial charge on any atom is -0.306 e. The summed E-state index contributed by atoms with van der Waals surface area (Å²) in [4.78, 5) is 16.8. The first-order valence-electron chi connectivity index (χ1n) is 9.75. The molecule has 164 valence electrons. The molecule has 0 fully saturated rings. The number of carbonyl (C=O) groups excluding carboxylic acids is 1. The first-order chi connectivity index (χ1) is 14.6. The molecule has 2 amide bonds. The smallest absolute Gasteiger partial charge is 0.306 e. The number of anilines is 1. The third kappa shape index (κ3) is 5.08. The highest BCUT2D eigenvalue weighted by molar-refractivity contribution is 7.91. The number of nitrogens with one attached hydrogen (secondary N) is 3. The molecule has 2 heterocycles. The maximum absolute atomic E-state index is 14.3. The van der Waals surface area contributed by atoms with E-state index in [1.807, 2.05) is 27.7 Å². The molecular weight excluding hydrogens is 419 g/mol. The van der Waals surface area contributed by atoms with E-state index in [1.54, 1.807) is 35.4 Å². The summed E-state index contributed by atoms with van der Waals surface area (Å²) in [6.07, 6.45) is 4.76. The second kappa shape index (κ2) is 8.84. The Morgan fingerprint density at radius 3 is 2.55 bits per heavy atom. The molecule has 0 bridgehead atoms. The van der Waals surface area contributed by atoms with Crippen LogP contribution in [0.3, 0.4) is 0 Å². The lowest BCUT2D eigenvalue weighted by Crippen LogP contribution is -2.34. The van der Waals surface area contributed by atoms with Gasteiger partial charge in [-0.3, -0.25) is 9.67 Å². The molecule has 2 aromatic heterocycles. The molecule has 31 heavy (non-hydrogen) atoms. The summed E-state index contributed by atoms with van der Waals surface area (Å²) in [7, 11) is -3.69. The van der Waals surface area contributed by atoms with Crippen molar-refractivity contribution in [1.29, 1.82) is 4.78 Å². The number of hydrogen-bond donors (Lipinski definition) is 3. The van der Waals surface area contributed by atoms with E-state index in [4.69, 9.17) is 4.78 Å². The summed E-state index contributed by atoms with van der Waals surface area (Å²) in [5.74, 6) is -0.555. The van der Waals surface area contributed by atoms with Crippen LogP contribution >= 0.6 is 0 Å². The number of rotatable bonds is 6. The quantitative estimate of drug-likeness (QED) is 0.500. The first-order valence-corrected chi connectivity index (χ1v) is 11.3. The fourth-order valence-corrected chi connectivity index (χ4v) is 3.93. The zero-order valence-corrected chi connectivity index (χ0v) is 18.5. The number of aromatic nitrogens is 3. The predicted molar refractivity (Wildman–Crippen MR) is 118 cm³/mol. The molecule has 3 aromatic rings. The number of nitrogens with zero attached hydrogens (tertiary/aromatic N) is 3. The summed E-state index contributed by atoms with van der Waals surface area (Å²) in [5.41, 5.74) is 1.98. The van der Waals surface area contributed by atoms with E-state index in [0.717, 1.165) is 0 Å². The Labute approximate surface area is 181 Å². The molecular formula is C21H25FN6O2S. The van der Waals surface area contributed by atoms with Crippen LogP contribution in [-0.4, -0.2) is 25.0 Å². The first kappa shape index (κ1) is 22.4. The van der Waals surface area contributed by atoms with E-state index in [-0.39, 0.29) is 17.0 Å². The van der Waals surface area contributed by atoms with Crippen LogP contribution in [0.1, 0.15) is 45.2 Å². The largest absolute Gasteiger partial charge is 0.332 e. The number of pyridine rings is 1. The van der Waals surface area contributed by atoms with Gasteiger partial charge in [-0.1, -0.05) is 19.9 Å². The number of urea groups is 1. The molecule has 0 saturated heterocycles. The highest BCUT2D eigenvalue weighted by Gasteiger charge is 2.21. The Morgan fingerprint density at radius 2 is 1.97 bits per heavy atom. The summed E-state index contributed by atoms with van der Waals surface area (Å²) in [5, 5.41) is 6.73. The van der Waals surface area contributed by atoms with Gasteiger partial charge in [0.05, 0.1) is 5.69 Å². The van der Waals surface area contributed by atoms with Gasteiger partial charge in [-0.2, -0.15) is 5.10 Å². The van der Waals surface area contributed by atoms with Crippen LogP contribution in [-0.2, 0) is 9.92 Å². The van der Waals surface area contributed by atoms with Gasteiger partial charge in [0.2, 0.25) is 0 Å². The molecule has 8 nitrogen and oxygen atoms in total. The fraction of sp³-hybridized carbons (Fsp3) is 0.286. The van der Waals surface area contributed by atoms with Crippen LogP contribution in [0.25, 0.3) is 11.1 Å². The van der Waals surface area contributed by atoms with Crippen molar-refractivity contribution in [3.8, 4) is 11.1 Å². The number of halogens is 1. The second-order valence-electron chi connectivity index (χ2n) is 7.65. The van der Waals surface area contributed by atoms with Gasteiger partial charge in [-0.25, -0.2) is 22.9 Å². The van der Waals surface area contributed by atoms with Gasteiger partial charge in [0, 0.05) is 35.8 Å². The van der Waals surface area contributed by atoms with Crippen LogP contribution in [0, 0.1) is 10.6 Å². The van der Waals surface area contributed by atoms with E-state index in [0.29, 0.717) is 22.4 Å². The zero-order valence-electron chi connectivity index (χ0n) is 17.7. The molecule has 1 atom stereocenters. The Hall–Kier alpha value is -3.27. The highest BCUT2D eigenvalue weighted by Crippen LogP contribution is 2.35. The summed E-state index contributed by atoms with van der Waals surface area (Å²) in [6.45, 7) is 7.53. The number of benzene rings is 1. The van der Waals surface area contributed by atoms with Gasteiger partial charge >= 0.3 is 6.03 Å². The Balaban J connectivity index is 1.95. The van der Waals surface area contributed by atoms with E-state index >= 15 is 0 Å².